The number of hydrogen-bond donors (Lipinski definition) is 5. The Bertz CT molecular complexity index is 1760. The van der Waals surface area contributed by atoms with E-state index in [2.05, 4.69) is 10.6 Å². The highest BCUT2D eigenvalue weighted by Crippen LogP contribution is 2.72. The number of carbonyl (C=O) groups excluding carboxylic acids is 6. The van der Waals surface area contributed by atoms with Crippen molar-refractivity contribution < 1.29 is 57.6 Å². The summed E-state index contributed by atoms with van der Waals surface area (Å²) in [6, 6.07) is -4.11. The second kappa shape index (κ2) is 15.4. The van der Waals surface area contributed by atoms with E-state index in [1.807, 2.05) is 0 Å². The summed E-state index contributed by atoms with van der Waals surface area (Å²) in [4.78, 5) is 81.0. The van der Waals surface area contributed by atoms with E-state index in [0.29, 0.717) is 24.8 Å². The van der Waals surface area contributed by atoms with Gasteiger partial charge in [0.2, 0.25) is 23.5 Å². The number of hydrogen-bond acceptors (Lipinski definition) is 12. The second-order valence-corrected chi connectivity index (χ2v) is 17.9. The lowest BCUT2D eigenvalue weighted by molar-refractivity contribution is -0.251. The Balaban J connectivity index is 0.00000620. The van der Waals surface area contributed by atoms with Crippen molar-refractivity contribution in [3.05, 3.63) is 23.8 Å². The highest BCUT2D eigenvalue weighted by atomic mass is 35.5. The molecule has 0 aromatic heterocycles. The Labute approximate surface area is 338 Å². The molecule has 2 heterocycles. The van der Waals surface area contributed by atoms with E-state index < -0.39 is 118 Å². The number of alkyl halides is 1. The van der Waals surface area contributed by atoms with Gasteiger partial charge >= 0.3 is 5.97 Å². The van der Waals surface area contributed by atoms with Gasteiger partial charge < -0.3 is 45.7 Å². The summed E-state index contributed by atoms with van der Waals surface area (Å²) in [6.45, 7) is 13.1. The number of allylic oxidation sites excluding steroid dienone is 4. The summed E-state index contributed by atoms with van der Waals surface area (Å²) in [5.74, 6) is -7.36. The van der Waals surface area contributed by atoms with Crippen LogP contribution in [-0.2, 0) is 43.0 Å². The number of carbonyl (C=O) groups is 6. The smallest absolute Gasteiger partial charge is 0.331 e. The van der Waals surface area contributed by atoms with Crippen LogP contribution in [0.4, 0.5) is 4.39 Å². The Morgan fingerprint density at radius 1 is 1.05 bits per heavy atom. The van der Waals surface area contributed by atoms with Crippen molar-refractivity contribution in [2.24, 2.45) is 34.3 Å². The van der Waals surface area contributed by atoms with Crippen molar-refractivity contribution in [1.82, 2.24) is 15.5 Å². The molecule has 0 aromatic carbocycles. The predicted molar refractivity (Wildman–Crippen MR) is 204 cm³/mol. The summed E-state index contributed by atoms with van der Waals surface area (Å²) in [5.41, 5.74) is -0.517. The van der Waals surface area contributed by atoms with E-state index in [0.717, 1.165) is 0 Å². The van der Waals surface area contributed by atoms with Crippen LogP contribution in [0.3, 0.4) is 0 Å². The first kappa shape index (κ1) is 44.8. The van der Waals surface area contributed by atoms with Crippen LogP contribution >= 0.6 is 12.4 Å². The van der Waals surface area contributed by atoms with E-state index in [4.69, 9.17) is 19.9 Å². The number of fused-ring (bicyclic) bond motifs is 7. The molecule has 57 heavy (non-hydrogen) atoms. The molecule has 3 amide bonds. The molecular weight excluding hydrogens is 767 g/mol. The predicted octanol–water partition coefficient (Wildman–Crippen LogP) is 1.69. The van der Waals surface area contributed by atoms with E-state index in [-0.39, 0.29) is 44.0 Å². The molecule has 5 unspecified atom stereocenters. The van der Waals surface area contributed by atoms with Crippen LogP contribution in [0.15, 0.2) is 23.8 Å². The number of nitrogens with two attached hydrogens (primary N) is 1. The second-order valence-electron chi connectivity index (χ2n) is 17.9. The van der Waals surface area contributed by atoms with Crippen LogP contribution in [0.25, 0.3) is 0 Å². The molecule has 0 bridgehead atoms. The monoisotopic (exact) mass is 824 g/mol. The average molecular weight is 825 g/mol. The SMILES string of the molecule is CC(C)[C@H](NC(=O)[C@@H]1CCCN1C(=O)[C@H](C)NC(=O)[C@H](C)N)C(=O)OC(O)C(=O)[C@@]12OC(C)(C)OC1CC1C3CCC4=CC(=O)C=C[C@]4(C)C3(F)[C@@H](O)C[C@@]12C.Cl. The van der Waals surface area contributed by atoms with E-state index in [1.165, 1.54) is 37.0 Å². The molecule has 15 nitrogen and oxygen atoms in total. The number of halogens is 2. The fourth-order valence-corrected chi connectivity index (χ4v) is 10.9. The quantitative estimate of drug-likeness (QED) is 0.157. The number of esters is 1. The van der Waals surface area contributed by atoms with Crippen molar-refractivity contribution >= 4 is 47.7 Å². The van der Waals surface area contributed by atoms with Gasteiger partial charge in [0.25, 0.3) is 6.29 Å². The largest absolute Gasteiger partial charge is 0.427 e. The molecule has 6 rings (SSSR count). The van der Waals surface area contributed by atoms with Gasteiger partial charge in [-0.25, -0.2) is 9.18 Å². The van der Waals surface area contributed by atoms with Crippen LogP contribution in [0.1, 0.15) is 93.9 Å². The minimum atomic E-state index is -2.39. The number of nitrogens with zero attached hydrogens (tertiary/aromatic N) is 1. The molecule has 6 aliphatic rings. The topological polar surface area (TPSA) is 224 Å². The number of amides is 3. The summed E-state index contributed by atoms with van der Waals surface area (Å²) in [5, 5.41) is 28.5. The van der Waals surface area contributed by atoms with Crippen LogP contribution in [-0.4, -0.2) is 117 Å². The summed E-state index contributed by atoms with van der Waals surface area (Å²) in [6.07, 6.45) is 0.673. The van der Waals surface area contributed by atoms with Gasteiger partial charge in [-0.05, 0) is 97.1 Å². The molecule has 2 saturated heterocycles. The van der Waals surface area contributed by atoms with Gasteiger partial charge in [-0.3, -0.25) is 24.0 Å². The van der Waals surface area contributed by atoms with E-state index in [9.17, 15) is 39.0 Å². The normalized spacial score (nSPS) is 38.3. The first-order valence-electron chi connectivity index (χ1n) is 19.7. The van der Waals surface area contributed by atoms with Crippen molar-refractivity contribution in [3.8, 4) is 0 Å². The number of Topliss-reactive ketones (excluding diaryl/α,β-unsaturated/α-hetero) is 1. The van der Waals surface area contributed by atoms with E-state index >= 15 is 4.39 Å². The van der Waals surface area contributed by atoms with Gasteiger partial charge in [0.1, 0.15) is 18.1 Å². The zero-order chi connectivity index (χ0) is 41.5. The minimum absolute atomic E-state index is 0. The lowest BCUT2D eigenvalue weighted by Gasteiger charge is -2.62. The first-order chi connectivity index (χ1) is 25.9. The molecule has 3 saturated carbocycles. The van der Waals surface area contributed by atoms with Gasteiger partial charge in [0.05, 0.1) is 18.2 Å². The van der Waals surface area contributed by atoms with Gasteiger partial charge in [-0.15, -0.1) is 12.4 Å². The van der Waals surface area contributed by atoms with Crippen molar-refractivity contribution in [2.45, 2.75) is 154 Å². The number of rotatable bonds is 10. The number of aliphatic hydroxyl groups is 2. The minimum Gasteiger partial charge on any atom is -0.427 e. The fourth-order valence-electron chi connectivity index (χ4n) is 10.9. The van der Waals surface area contributed by atoms with Gasteiger partial charge in [-0.1, -0.05) is 32.4 Å². The Hall–Kier alpha value is -3.28. The van der Waals surface area contributed by atoms with Crippen molar-refractivity contribution in [2.75, 3.05) is 6.54 Å². The maximum Gasteiger partial charge on any atom is 0.331 e. The maximum atomic E-state index is 17.8. The van der Waals surface area contributed by atoms with Gasteiger partial charge in [0, 0.05) is 23.3 Å². The summed E-state index contributed by atoms with van der Waals surface area (Å²) < 4.78 is 36.0. The van der Waals surface area contributed by atoms with Crippen LogP contribution in [0.2, 0.25) is 0 Å². The molecular formula is C40H58ClFN4O11. The molecule has 5 fully saturated rings. The molecule has 4 aliphatic carbocycles. The zero-order valence-corrected chi connectivity index (χ0v) is 34.7. The number of ether oxygens (including phenoxy) is 3. The number of nitrogens with one attached hydrogen (secondary N) is 2. The molecule has 0 radical (unpaired) electrons. The third kappa shape index (κ3) is 6.95. The van der Waals surface area contributed by atoms with E-state index in [1.54, 1.807) is 41.5 Å². The number of aliphatic hydroxyl groups excluding tert-OH is 2. The standard InChI is InChI=1S/C40H57FN4O11.ClH/c1-19(2)29(44-32(50)26-10-9-15-45(26)33(51)21(4)43-31(49)20(3)42)34(52)54-35(53)30(48)40-28(55-36(5,6)56-40)17-25-24-12-11-22-16-23(46)13-14-37(22,7)39(24,41)27(47)18-38(25,40)8;/h13-14,16,19-21,24-29,35,47,53H,9-12,15,17-18,42H2,1-8H3,(H,43,49)(H,44,50);1H/t20-,21-,24?,25?,26-,27-,28?,29-,35?,37-,38-,39?,40-;/m0./s1. The van der Waals surface area contributed by atoms with Gasteiger partial charge in [-0.2, -0.15) is 0 Å². The summed E-state index contributed by atoms with van der Waals surface area (Å²) in [7, 11) is 0. The lowest BCUT2D eigenvalue weighted by Crippen LogP contribution is -2.70. The third-order valence-electron chi connectivity index (χ3n) is 13.7. The highest BCUT2D eigenvalue weighted by molar-refractivity contribution is 6.01. The maximum absolute atomic E-state index is 17.8. The molecule has 0 aromatic rings. The fraction of sp³-hybridized carbons (Fsp3) is 0.750. The zero-order valence-electron chi connectivity index (χ0n) is 33.8. The molecule has 0 spiro atoms. The van der Waals surface area contributed by atoms with Crippen molar-refractivity contribution in [1.29, 1.82) is 0 Å². The first-order valence-corrected chi connectivity index (χ1v) is 19.7. The molecule has 318 valence electrons. The Kier molecular flexibility index (Phi) is 12.1. The number of likely N-dealkylation sites (tertiary alicyclic amines) is 1. The van der Waals surface area contributed by atoms with Crippen LogP contribution in [0.5, 0.6) is 0 Å². The molecule has 6 N–H and O–H groups in total. The van der Waals surface area contributed by atoms with Crippen LogP contribution < -0.4 is 16.4 Å². The molecule has 17 heteroatoms. The molecule has 13 atom stereocenters. The Morgan fingerprint density at radius 2 is 1.72 bits per heavy atom. The molecule has 2 aliphatic heterocycles. The van der Waals surface area contributed by atoms with Crippen molar-refractivity contribution in [3.63, 3.8) is 0 Å². The van der Waals surface area contributed by atoms with Gasteiger partial charge in [0.15, 0.2) is 22.8 Å². The highest BCUT2D eigenvalue weighted by Gasteiger charge is 2.80. The van der Waals surface area contributed by atoms with Crippen LogP contribution in [0, 0.1) is 28.6 Å². The lowest BCUT2D eigenvalue weighted by atomic mass is 9.44. The Morgan fingerprint density at radius 3 is 2.35 bits per heavy atom. The third-order valence-corrected chi connectivity index (χ3v) is 13.7. The number of ketones is 2. The average Bonchev–Trinajstić information content (AvgIpc) is 3.77. The summed E-state index contributed by atoms with van der Waals surface area (Å²) >= 11 is 0.